The second-order valence-electron chi connectivity index (χ2n) is 2.88. The fraction of sp³-hybridized carbons (Fsp3) is 0. The quantitative estimate of drug-likeness (QED) is 0.510. The molecular weight excluding hydrogens is 164 g/mol. The van der Waals surface area contributed by atoms with E-state index in [-0.39, 0.29) is 0 Å². The molecule has 2 heterocycles. The van der Waals surface area contributed by atoms with Crippen LogP contribution in [-0.2, 0) is 0 Å². The van der Waals surface area contributed by atoms with Crippen LogP contribution in [0.1, 0.15) is 0 Å². The molecule has 0 radical (unpaired) electrons. The molecule has 0 aliphatic rings. The molecule has 4 nitrogen and oxygen atoms in total. The molecule has 1 aromatic carbocycles. The van der Waals surface area contributed by atoms with Crippen molar-refractivity contribution in [3.8, 4) is 0 Å². The van der Waals surface area contributed by atoms with Crippen molar-refractivity contribution in [1.82, 2.24) is 20.0 Å². The van der Waals surface area contributed by atoms with Crippen LogP contribution in [-0.4, -0.2) is 20.0 Å². The number of fused-ring (bicyclic) bond motifs is 2. The van der Waals surface area contributed by atoms with Crippen LogP contribution in [0.4, 0.5) is 0 Å². The van der Waals surface area contributed by atoms with Crippen molar-refractivity contribution in [1.29, 1.82) is 0 Å². The van der Waals surface area contributed by atoms with Gasteiger partial charge in [0.1, 0.15) is 0 Å². The van der Waals surface area contributed by atoms with E-state index >= 15 is 0 Å². The average Bonchev–Trinajstić information content (AvgIpc) is 2.61. The number of benzene rings is 1. The first kappa shape index (κ1) is 6.54. The molecule has 0 unspecified atom stereocenters. The van der Waals surface area contributed by atoms with Crippen molar-refractivity contribution in [2.45, 2.75) is 0 Å². The second-order valence-corrected chi connectivity index (χ2v) is 2.88. The zero-order valence-corrected chi connectivity index (χ0v) is 6.75. The Hall–Kier alpha value is -1.97. The Kier molecular flexibility index (Phi) is 1.14. The average molecular weight is 170 g/mol. The number of nitrogens with zero attached hydrogens (tertiary/aromatic N) is 4. The van der Waals surface area contributed by atoms with Gasteiger partial charge in [-0.3, -0.25) is 0 Å². The van der Waals surface area contributed by atoms with Crippen LogP contribution in [0.5, 0.6) is 0 Å². The van der Waals surface area contributed by atoms with Gasteiger partial charge in [0.2, 0.25) is 0 Å². The highest BCUT2D eigenvalue weighted by Crippen LogP contribution is 2.13. The van der Waals surface area contributed by atoms with E-state index in [2.05, 4.69) is 15.5 Å². The highest BCUT2D eigenvalue weighted by Gasteiger charge is 1.98. The molecule has 0 amide bonds. The Morgan fingerprint density at radius 3 is 2.85 bits per heavy atom. The minimum Gasteiger partial charge on any atom is -0.200 e. The molecule has 0 aliphatic carbocycles. The Morgan fingerprint density at radius 2 is 1.92 bits per heavy atom. The molecule has 0 aliphatic heterocycles. The van der Waals surface area contributed by atoms with Gasteiger partial charge in [0, 0.05) is 11.6 Å². The molecular formula is C9H6N4. The fourth-order valence-electron chi connectivity index (χ4n) is 1.42. The molecule has 0 fully saturated rings. The summed E-state index contributed by atoms with van der Waals surface area (Å²) in [6.45, 7) is 0. The van der Waals surface area contributed by atoms with Gasteiger partial charge in [-0.25, -0.2) is 4.52 Å². The number of tetrazole rings is 1. The predicted octanol–water partition coefficient (Wildman–Crippen LogP) is 1.28. The van der Waals surface area contributed by atoms with Crippen LogP contribution in [0, 0.1) is 0 Å². The third kappa shape index (κ3) is 0.885. The van der Waals surface area contributed by atoms with E-state index in [0.717, 1.165) is 16.4 Å². The number of rotatable bonds is 0. The van der Waals surface area contributed by atoms with Crippen molar-refractivity contribution >= 4 is 16.4 Å². The molecule has 0 saturated heterocycles. The Bertz CT molecular complexity index is 520. The molecule has 4 heteroatoms. The topological polar surface area (TPSA) is 43.1 Å². The highest BCUT2D eigenvalue weighted by molar-refractivity contribution is 5.84. The van der Waals surface area contributed by atoms with Crippen molar-refractivity contribution in [2.24, 2.45) is 0 Å². The lowest BCUT2D eigenvalue weighted by molar-refractivity contribution is 0.826. The standard InChI is InChI=1S/C9H6N4/c1-2-4-8-6-13-9(10-11-12-13)5-7(8)3-1/h1-6H. The minimum atomic E-state index is 0.777. The summed E-state index contributed by atoms with van der Waals surface area (Å²) in [6, 6.07) is 10.1. The lowest BCUT2D eigenvalue weighted by Gasteiger charge is -1.95. The summed E-state index contributed by atoms with van der Waals surface area (Å²) >= 11 is 0. The molecule has 3 rings (SSSR count). The summed E-state index contributed by atoms with van der Waals surface area (Å²) in [5, 5.41) is 13.6. The number of aromatic nitrogens is 4. The highest BCUT2D eigenvalue weighted by atomic mass is 15.5. The molecule has 3 aromatic rings. The molecule has 2 aromatic heterocycles. The second kappa shape index (κ2) is 2.26. The molecule has 0 bridgehead atoms. The molecule has 0 N–H and O–H groups in total. The summed E-state index contributed by atoms with van der Waals surface area (Å²) in [4.78, 5) is 0. The first-order valence-corrected chi connectivity index (χ1v) is 4.00. The Labute approximate surface area is 73.8 Å². The van der Waals surface area contributed by atoms with E-state index in [1.165, 1.54) is 0 Å². The Balaban J connectivity index is 2.57. The van der Waals surface area contributed by atoms with Gasteiger partial charge in [-0.05, 0) is 21.9 Å². The number of hydrogen-bond acceptors (Lipinski definition) is 3. The minimum absolute atomic E-state index is 0.777. The number of pyridine rings is 1. The van der Waals surface area contributed by atoms with Gasteiger partial charge in [0.25, 0.3) is 0 Å². The van der Waals surface area contributed by atoms with E-state index in [1.54, 1.807) is 4.52 Å². The van der Waals surface area contributed by atoms with Crippen molar-refractivity contribution in [3.05, 3.63) is 36.5 Å². The first-order valence-electron chi connectivity index (χ1n) is 4.00. The molecule has 62 valence electrons. The monoisotopic (exact) mass is 170 g/mol. The molecule has 13 heavy (non-hydrogen) atoms. The van der Waals surface area contributed by atoms with Crippen LogP contribution in [0.3, 0.4) is 0 Å². The van der Waals surface area contributed by atoms with Gasteiger partial charge in [0.15, 0.2) is 5.65 Å². The lowest BCUT2D eigenvalue weighted by atomic mass is 10.2. The maximum atomic E-state index is 3.87. The van der Waals surface area contributed by atoms with Crippen LogP contribution >= 0.6 is 0 Å². The van der Waals surface area contributed by atoms with Gasteiger partial charge in [-0.2, -0.15) is 0 Å². The number of hydrogen-bond donors (Lipinski definition) is 0. The van der Waals surface area contributed by atoms with Crippen LogP contribution in [0.25, 0.3) is 16.4 Å². The van der Waals surface area contributed by atoms with Gasteiger partial charge in [0.05, 0.1) is 0 Å². The van der Waals surface area contributed by atoms with Gasteiger partial charge in [-0.1, -0.05) is 24.3 Å². The van der Waals surface area contributed by atoms with Gasteiger partial charge in [-0.15, -0.1) is 5.10 Å². The normalized spacial score (nSPS) is 11.1. The fourth-order valence-corrected chi connectivity index (χ4v) is 1.42. The maximum Gasteiger partial charge on any atom is 0.179 e. The first-order chi connectivity index (χ1) is 6.43. The molecule has 0 saturated carbocycles. The van der Waals surface area contributed by atoms with Crippen LogP contribution < -0.4 is 0 Å². The SMILES string of the molecule is c1ccc2cn3nnnc3cc2c1. The summed E-state index contributed by atoms with van der Waals surface area (Å²) in [6.07, 6.45) is 1.92. The van der Waals surface area contributed by atoms with E-state index in [4.69, 9.17) is 0 Å². The summed E-state index contributed by atoms with van der Waals surface area (Å²) in [5.41, 5.74) is 0.777. The van der Waals surface area contributed by atoms with Crippen molar-refractivity contribution in [2.75, 3.05) is 0 Å². The van der Waals surface area contributed by atoms with E-state index in [1.807, 2.05) is 36.5 Å². The van der Waals surface area contributed by atoms with E-state index in [9.17, 15) is 0 Å². The van der Waals surface area contributed by atoms with Crippen LogP contribution in [0.15, 0.2) is 36.5 Å². The molecule has 0 atom stereocenters. The van der Waals surface area contributed by atoms with Gasteiger partial charge >= 0.3 is 0 Å². The third-order valence-corrected chi connectivity index (χ3v) is 2.06. The smallest absolute Gasteiger partial charge is 0.179 e. The summed E-state index contributed by atoms with van der Waals surface area (Å²) < 4.78 is 1.67. The van der Waals surface area contributed by atoms with Crippen LogP contribution in [0.2, 0.25) is 0 Å². The van der Waals surface area contributed by atoms with E-state index in [0.29, 0.717) is 0 Å². The zero-order chi connectivity index (χ0) is 8.67. The predicted molar refractivity (Wildman–Crippen MR) is 48.3 cm³/mol. The summed E-state index contributed by atoms with van der Waals surface area (Å²) in [7, 11) is 0. The molecule has 0 spiro atoms. The van der Waals surface area contributed by atoms with Crippen molar-refractivity contribution < 1.29 is 0 Å². The van der Waals surface area contributed by atoms with Gasteiger partial charge < -0.3 is 0 Å². The largest absolute Gasteiger partial charge is 0.200 e. The zero-order valence-electron chi connectivity index (χ0n) is 6.75. The van der Waals surface area contributed by atoms with E-state index < -0.39 is 0 Å². The maximum absolute atomic E-state index is 3.87. The van der Waals surface area contributed by atoms with Crippen molar-refractivity contribution in [3.63, 3.8) is 0 Å². The lowest BCUT2D eigenvalue weighted by Crippen LogP contribution is -1.86. The third-order valence-electron chi connectivity index (χ3n) is 2.06. The Morgan fingerprint density at radius 1 is 1.08 bits per heavy atom. The summed E-state index contributed by atoms with van der Waals surface area (Å²) in [5.74, 6) is 0.